The molecule has 0 aromatic heterocycles. The fourth-order valence-electron chi connectivity index (χ4n) is 2.01. The van der Waals surface area contributed by atoms with Gasteiger partial charge in [-0.25, -0.2) is 5.43 Å². The predicted octanol–water partition coefficient (Wildman–Crippen LogP) is 3.52. The second kappa shape index (κ2) is 8.70. The summed E-state index contributed by atoms with van der Waals surface area (Å²) in [6.45, 7) is 1.71. The van der Waals surface area contributed by atoms with E-state index < -0.39 is 5.91 Å². The fourth-order valence-corrected chi connectivity index (χ4v) is 2.20. The Hall–Kier alpha value is -2.84. The lowest BCUT2D eigenvalue weighted by Gasteiger charge is -2.08. The zero-order valence-corrected chi connectivity index (χ0v) is 13.9. The summed E-state index contributed by atoms with van der Waals surface area (Å²) >= 11 is 5.97. The molecule has 0 saturated carbocycles. The van der Waals surface area contributed by atoms with Crippen LogP contribution in [0.15, 0.2) is 53.6 Å². The molecule has 5 nitrogen and oxygen atoms in total. The van der Waals surface area contributed by atoms with Crippen molar-refractivity contribution in [1.82, 2.24) is 5.43 Å². The van der Waals surface area contributed by atoms with Crippen molar-refractivity contribution >= 4 is 23.2 Å². The number of hydrogen-bond donors (Lipinski definition) is 1. The van der Waals surface area contributed by atoms with Crippen LogP contribution in [-0.2, 0) is 4.79 Å². The van der Waals surface area contributed by atoms with Gasteiger partial charge in [0.1, 0.15) is 11.8 Å². The maximum atomic E-state index is 11.9. The fraction of sp³-hybridized carbons (Fsp3) is 0.167. The maximum Gasteiger partial charge on any atom is 0.277 e. The third kappa shape index (κ3) is 4.83. The van der Waals surface area contributed by atoms with Gasteiger partial charge in [-0.05, 0) is 36.2 Å². The predicted molar refractivity (Wildman–Crippen MR) is 93.1 cm³/mol. The van der Waals surface area contributed by atoms with Gasteiger partial charge in [-0.3, -0.25) is 4.79 Å². The van der Waals surface area contributed by atoms with Crippen LogP contribution < -0.4 is 10.2 Å². The van der Waals surface area contributed by atoms with Gasteiger partial charge in [0, 0.05) is 5.02 Å². The number of carbonyl (C=O) groups is 1. The first-order valence-electron chi connectivity index (χ1n) is 7.37. The number of carbonyl (C=O) groups excluding carboxylic acids is 1. The Kier molecular flexibility index (Phi) is 6.35. The number of para-hydroxylation sites is 1. The lowest BCUT2D eigenvalue weighted by Crippen LogP contribution is -2.26. The van der Waals surface area contributed by atoms with Crippen LogP contribution in [0.25, 0.3) is 0 Å². The first kappa shape index (κ1) is 17.5. The molecule has 6 heteroatoms. The quantitative estimate of drug-likeness (QED) is 0.645. The number of nitrogens with one attached hydrogen (secondary N) is 1. The second-order valence-corrected chi connectivity index (χ2v) is 5.29. The first-order chi connectivity index (χ1) is 11.6. The molecule has 0 atom stereocenters. The monoisotopic (exact) mass is 341 g/mol. The smallest absolute Gasteiger partial charge is 0.277 e. The zero-order chi connectivity index (χ0) is 17.4. The van der Waals surface area contributed by atoms with Crippen LogP contribution in [0.1, 0.15) is 24.5 Å². The molecule has 0 bridgehead atoms. The Morgan fingerprint density at radius 2 is 2.08 bits per heavy atom. The maximum absolute atomic E-state index is 11.9. The Balaban J connectivity index is 1.97. The van der Waals surface area contributed by atoms with E-state index in [0.717, 1.165) is 5.56 Å². The van der Waals surface area contributed by atoms with Crippen LogP contribution in [-0.4, -0.2) is 18.2 Å². The van der Waals surface area contributed by atoms with Gasteiger partial charge in [-0.1, -0.05) is 42.8 Å². The summed E-state index contributed by atoms with van der Waals surface area (Å²) in [5.74, 6) is -0.0413. The van der Waals surface area contributed by atoms with E-state index in [1.54, 1.807) is 36.4 Å². The molecule has 0 aliphatic rings. The van der Waals surface area contributed by atoms with E-state index in [4.69, 9.17) is 21.6 Å². The van der Waals surface area contributed by atoms with Gasteiger partial charge in [-0.2, -0.15) is 10.4 Å². The molecule has 0 aliphatic carbocycles. The van der Waals surface area contributed by atoms with Gasteiger partial charge in [0.05, 0.1) is 11.3 Å². The van der Waals surface area contributed by atoms with E-state index in [9.17, 15) is 4.79 Å². The Morgan fingerprint density at radius 1 is 1.29 bits per heavy atom. The highest BCUT2D eigenvalue weighted by Gasteiger charge is 2.07. The number of hydrazone groups is 1. The van der Waals surface area contributed by atoms with E-state index >= 15 is 0 Å². The third-order valence-electron chi connectivity index (χ3n) is 3.17. The molecule has 0 unspecified atom stereocenters. The Morgan fingerprint density at radius 3 is 2.79 bits per heavy atom. The number of benzene rings is 2. The van der Waals surface area contributed by atoms with E-state index in [1.165, 1.54) is 0 Å². The van der Waals surface area contributed by atoms with Gasteiger partial charge in [0.15, 0.2) is 6.61 Å². The molecular formula is C18H16ClN3O2. The lowest BCUT2D eigenvalue weighted by atomic mass is 10.1. The first-order valence-corrected chi connectivity index (χ1v) is 7.75. The van der Waals surface area contributed by atoms with Gasteiger partial charge in [0.2, 0.25) is 0 Å². The van der Waals surface area contributed by atoms with E-state index in [1.807, 2.05) is 25.1 Å². The molecule has 122 valence electrons. The summed E-state index contributed by atoms with van der Waals surface area (Å²) in [5, 5.41) is 13.7. The summed E-state index contributed by atoms with van der Waals surface area (Å²) in [4.78, 5) is 11.9. The second-order valence-electron chi connectivity index (χ2n) is 4.85. The Labute approximate surface area is 145 Å². The summed E-state index contributed by atoms with van der Waals surface area (Å²) in [7, 11) is 0. The van der Waals surface area contributed by atoms with Crippen molar-refractivity contribution in [3.63, 3.8) is 0 Å². The van der Waals surface area contributed by atoms with Crippen molar-refractivity contribution in [3.05, 3.63) is 64.7 Å². The number of nitrogens with zero attached hydrogens (tertiary/aromatic N) is 2. The number of amides is 1. The third-order valence-corrected chi connectivity index (χ3v) is 3.41. The highest BCUT2D eigenvalue weighted by molar-refractivity contribution is 6.31. The lowest BCUT2D eigenvalue weighted by molar-refractivity contribution is -0.123. The summed E-state index contributed by atoms with van der Waals surface area (Å²) in [5.41, 5.74) is 4.39. The number of halogens is 1. The minimum absolute atomic E-state index is 0.227. The molecule has 0 saturated heterocycles. The standard InChI is InChI=1S/C18H16ClN3O2/c1-2-16(13-7-5-8-15(19)10-13)21-22-18(23)12-24-17-9-4-3-6-14(17)11-20/h3-10H,2,12H2,1H3,(H,22,23)/b21-16+. The van der Waals surface area contributed by atoms with Crippen LogP contribution in [0.3, 0.4) is 0 Å². The normalized spacial score (nSPS) is 10.8. The molecule has 2 rings (SSSR count). The average molecular weight is 342 g/mol. The average Bonchev–Trinajstić information content (AvgIpc) is 2.60. The van der Waals surface area contributed by atoms with Crippen LogP contribution in [0, 0.1) is 11.3 Å². The molecule has 0 aliphatic heterocycles. The number of hydrogen-bond acceptors (Lipinski definition) is 4. The van der Waals surface area contributed by atoms with E-state index in [-0.39, 0.29) is 6.61 Å². The molecule has 0 spiro atoms. The summed E-state index contributed by atoms with van der Waals surface area (Å²) < 4.78 is 5.36. The minimum Gasteiger partial charge on any atom is -0.482 e. The molecule has 2 aromatic rings. The Bertz CT molecular complexity index is 797. The van der Waals surface area contributed by atoms with Crippen molar-refractivity contribution < 1.29 is 9.53 Å². The SMILES string of the molecule is CC/C(=N\NC(=O)COc1ccccc1C#N)c1cccc(Cl)c1. The summed E-state index contributed by atoms with van der Waals surface area (Å²) in [6.07, 6.45) is 0.638. The number of ether oxygens (including phenoxy) is 1. The topological polar surface area (TPSA) is 74.5 Å². The minimum atomic E-state index is -0.407. The molecule has 1 N–H and O–H groups in total. The van der Waals surface area contributed by atoms with Crippen molar-refractivity contribution in [2.45, 2.75) is 13.3 Å². The van der Waals surface area contributed by atoms with Gasteiger partial charge in [0.25, 0.3) is 5.91 Å². The van der Waals surface area contributed by atoms with Gasteiger partial charge in [-0.15, -0.1) is 0 Å². The molecule has 0 fully saturated rings. The van der Waals surface area contributed by atoms with Crippen molar-refractivity contribution in [1.29, 1.82) is 5.26 Å². The zero-order valence-electron chi connectivity index (χ0n) is 13.1. The summed E-state index contributed by atoms with van der Waals surface area (Å²) in [6, 6.07) is 16.0. The van der Waals surface area contributed by atoms with E-state index in [0.29, 0.717) is 28.5 Å². The van der Waals surface area contributed by atoms with Crippen LogP contribution >= 0.6 is 11.6 Å². The molecule has 24 heavy (non-hydrogen) atoms. The van der Waals surface area contributed by atoms with Crippen molar-refractivity contribution in [2.24, 2.45) is 5.10 Å². The molecule has 0 radical (unpaired) electrons. The highest BCUT2D eigenvalue weighted by Crippen LogP contribution is 2.16. The van der Waals surface area contributed by atoms with Gasteiger partial charge < -0.3 is 4.74 Å². The van der Waals surface area contributed by atoms with Crippen LogP contribution in [0.5, 0.6) is 5.75 Å². The number of rotatable bonds is 6. The van der Waals surface area contributed by atoms with E-state index in [2.05, 4.69) is 10.5 Å². The van der Waals surface area contributed by atoms with Crippen LogP contribution in [0.4, 0.5) is 0 Å². The highest BCUT2D eigenvalue weighted by atomic mass is 35.5. The van der Waals surface area contributed by atoms with Crippen molar-refractivity contribution in [2.75, 3.05) is 6.61 Å². The number of nitriles is 1. The molecular weight excluding hydrogens is 326 g/mol. The molecule has 0 heterocycles. The molecule has 2 aromatic carbocycles. The largest absolute Gasteiger partial charge is 0.482 e. The van der Waals surface area contributed by atoms with Crippen molar-refractivity contribution in [3.8, 4) is 11.8 Å². The van der Waals surface area contributed by atoms with Crippen LogP contribution in [0.2, 0.25) is 5.02 Å². The molecule has 1 amide bonds. The van der Waals surface area contributed by atoms with Gasteiger partial charge >= 0.3 is 0 Å².